The first-order valence-corrected chi connectivity index (χ1v) is 9.33. The summed E-state index contributed by atoms with van der Waals surface area (Å²) in [6, 6.07) is 2.41. The smallest absolute Gasteiger partial charge is 0.217 e. The number of H-pyrrole nitrogens is 1. The van der Waals surface area contributed by atoms with Crippen LogP contribution in [0.4, 0.5) is 0 Å². The van der Waals surface area contributed by atoms with Crippen LogP contribution in [0.2, 0.25) is 0 Å². The normalized spacial score (nSPS) is 19.6. The van der Waals surface area contributed by atoms with Crippen LogP contribution in [0.25, 0.3) is 0 Å². The number of amides is 1. The highest BCUT2D eigenvalue weighted by molar-refractivity contribution is 5.73. The minimum absolute atomic E-state index is 0.0367. The Labute approximate surface area is 154 Å². The molecule has 0 spiro atoms. The molecule has 3 rings (SSSR count). The zero-order valence-electron chi connectivity index (χ0n) is 16.1. The van der Waals surface area contributed by atoms with E-state index in [0.717, 1.165) is 61.8 Å². The quantitative estimate of drug-likeness (QED) is 0.745. The molecule has 8 heteroatoms. The fourth-order valence-electron chi connectivity index (χ4n) is 3.57. The maximum atomic E-state index is 11.1. The molecule has 1 fully saturated rings. The van der Waals surface area contributed by atoms with Gasteiger partial charge in [-0.1, -0.05) is 13.3 Å². The molecule has 1 aliphatic carbocycles. The molecule has 2 N–H and O–H groups in total. The van der Waals surface area contributed by atoms with E-state index in [2.05, 4.69) is 55.2 Å². The number of aromatic amines is 1. The lowest BCUT2D eigenvalue weighted by Crippen LogP contribution is -2.43. The van der Waals surface area contributed by atoms with Gasteiger partial charge in [0.25, 0.3) is 0 Å². The first-order valence-electron chi connectivity index (χ1n) is 9.33. The van der Waals surface area contributed by atoms with Gasteiger partial charge in [-0.25, -0.2) is 0 Å². The molecule has 0 saturated heterocycles. The lowest BCUT2D eigenvalue weighted by atomic mass is 9.79. The summed E-state index contributed by atoms with van der Waals surface area (Å²) in [5.74, 6) is 2.39. The Balaban J connectivity index is 1.53. The average Bonchev–Trinajstić information content (AvgIpc) is 3.11. The number of hydrogen-bond acceptors (Lipinski definition) is 5. The highest BCUT2D eigenvalue weighted by Gasteiger charge is 2.34. The minimum Gasteiger partial charge on any atom is -0.354 e. The number of carbonyl (C=O) groups excluding carboxylic acids is 1. The van der Waals surface area contributed by atoms with Crippen molar-refractivity contribution in [3.05, 3.63) is 29.1 Å². The van der Waals surface area contributed by atoms with E-state index < -0.39 is 0 Å². The van der Waals surface area contributed by atoms with E-state index in [1.54, 1.807) is 6.92 Å². The van der Waals surface area contributed by atoms with E-state index in [4.69, 9.17) is 0 Å². The van der Waals surface area contributed by atoms with Gasteiger partial charge in [-0.3, -0.25) is 14.8 Å². The Morgan fingerprint density at radius 1 is 1.38 bits per heavy atom. The molecule has 142 valence electrons. The molecule has 26 heavy (non-hydrogen) atoms. The molecular weight excluding hydrogens is 330 g/mol. The van der Waals surface area contributed by atoms with E-state index in [1.807, 2.05) is 7.05 Å². The molecule has 0 radical (unpaired) electrons. The van der Waals surface area contributed by atoms with E-state index in [0.29, 0.717) is 5.92 Å². The van der Waals surface area contributed by atoms with Crippen molar-refractivity contribution in [3.63, 3.8) is 0 Å². The predicted octanol–water partition coefficient (Wildman–Crippen LogP) is 1.50. The molecule has 0 aromatic carbocycles. The van der Waals surface area contributed by atoms with Crippen molar-refractivity contribution in [1.29, 1.82) is 0 Å². The standard InChI is InChI=1S/C18H29N7O/c1-5-6-14-9-16(21-20-14)10-24(3)11-17-22-23-18(25(17)4)13-7-15(8-13)19-12(2)26/h9,13,15H,5-8,10-11H2,1-4H3,(H,19,26)(H,20,21). The molecule has 1 amide bonds. The van der Waals surface area contributed by atoms with E-state index in [-0.39, 0.29) is 11.9 Å². The Morgan fingerprint density at radius 2 is 2.15 bits per heavy atom. The molecule has 2 aromatic rings. The molecule has 2 aromatic heterocycles. The summed E-state index contributed by atoms with van der Waals surface area (Å²) in [4.78, 5) is 13.3. The van der Waals surface area contributed by atoms with Crippen molar-refractivity contribution in [1.82, 2.24) is 35.2 Å². The van der Waals surface area contributed by atoms with Gasteiger partial charge in [-0.2, -0.15) is 5.10 Å². The van der Waals surface area contributed by atoms with Gasteiger partial charge < -0.3 is 9.88 Å². The predicted molar refractivity (Wildman–Crippen MR) is 98.3 cm³/mol. The van der Waals surface area contributed by atoms with Gasteiger partial charge in [0.1, 0.15) is 11.6 Å². The van der Waals surface area contributed by atoms with Crippen LogP contribution in [0.15, 0.2) is 6.07 Å². The largest absolute Gasteiger partial charge is 0.354 e. The molecule has 0 unspecified atom stereocenters. The zero-order chi connectivity index (χ0) is 18.7. The summed E-state index contributed by atoms with van der Waals surface area (Å²) in [6.45, 7) is 5.25. The van der Waals surface area contributed by atoms with Crippen molar-refractivity contribution in [2.45, 2.75) is 64.6 Å². The monoisotopic (exact) mass is 359 g/mol. The second-order valence-electron chi connectivity index (χ2n) is 7.41. The summed E-state index contributed by atoms with van der Waals surface area (Å²) in [7, 11) is 4.10. The van der Waals surface area contributed by atoms with Crippen molar-refractivity contribution >= 4 is 5.91 Å². The summed E-state index contributed by atoms with van der Waals surface area (Å²) >= 11 is 0. The van der Waals surface area contributed by atoms with Crippen LogP contribution in [0.5, 0.6) is 0 Å². The summed E-state index contributed by atoms with van der Waals surface area (Å²) in [5, 5.41) is 19.2. The third kappa shape index (κ3) is 4.30. The van der Waals surface area contributed by atoms with Crippen LogP contribution < -0.4 is 5.32 Å². The first kappa shape index (κ1) is 18.6. The lowest BCUT2D eigenvalue weighted by molar-refractivity contribution is -0.120. The first-order chi connectivity index (χ1) is 12.5. The van der Waals surface area contributed by atoms with Gasteiger partial charge >= 0.3 is 0 Å². The molecule has 1 aliphatic rings. The minimum atomic E-state index is 0.0367. The number of aromatic nitrogens is 5. The maximum Gasteiger partial charge on any atom is 0.217 e. The van der Waals surface area contributed by atoms with Crippen LogP contribution in [0.3, 0.4) is 0 Å². The molecule has 0 atom stereocenters. The number of rotatable bonds is 8. The Morgan fingerprint density at radius 3 is 2.85 bits per heavy atom. The second kappa shape index (κ2) is 7.99. The van der Waals surface area contributed by atoms with Crippen molar-refractivity contribution in [2.75, 3.05) is 7.05 Å². The summed E-state index contributed by atoms with van der Waals surface area (Å²) in [6.07, 6.45) is 3.99. The van der Waals surface area contributed by atoms with E-state index in [1.165, 1.54) is 0 Å². The van der Waals surface area contributed by atoms with E-state index >= 15 is 0 Å². The molecule has 2 heterocycles. The molecular formula is C18H29N7O. The van der Waals surface area contributed by atoms with Crippen LogP contribution >= 0.6 is 0 Å². The third-order valence-electron chi connectivity index (χ3n) is 4.95. The molecule has 1 saturated carbocycles. The Kier molecular flexibility index (Phi) is 5.70. The fraction of sp³-hybridized carbons (Fsp3) is 0.667. The fourth-order valence-corrected chi connectivity index (χ4v) is 3.57. The number of nitrogens with zero attached hydrogens (tertiary/aromatic N) is 5. The van der Waals surface area contributed by atoms with Crippen LogP contribution in [-0.4, -0.2) is 48.9 Å². The summed E-state index contributed by atoms with van der Waals surface area (Å²) in [5.41, 5.74) is 2.24. The van der Waals surface area contributed by atoms with Crippen LogP contribution in [-0.2, 0) is 31.4 Å². The van der Waals surface area contributed by atoms with Crippen LogP contribution in [0, 0.1) is 0 Å². The van der Waals surface area contributed by atoms with Gasteiger partial charge in [-0.15, -0.1) is 10.2 Å². The second-order valence-corrected chi connectivity index (χ2v) is 7.41. The van der Waals surface area contributed by atoms with Crippen LogP contribution in [0.1, 0.15) is 62.1 Å². The highest BCUT2D eigenvalue weighted by Crippen LogP contribution is 2.35. The Bertz CT molecular complexity index is 745. The lowest BCUT2D eigenvalue weighted by Gasteiger charge is -2.34. The summed E-state index contributed by atoms with van der Waals surface area (Å²) < 4.78 is 2.10. The number of carbonyl (C=O) groups is 1. The van der Waals surface area contributed by atoms with Gasteiger partial charge in [0.15, 0.2) is 0 Å². The zero-order valence-corrected chi connectivity index (χ0v) is 16.1. The molecule has 8 nitrogen and oxygen atoms in total. The number of aryl methyl sites for hydroxylation is 1. The topological polar surface area (TPSA) is 91.7 Å². The van der Waals surface area contributed by atoms with Gasteiger partial charge in [0, 0.05) is 38.2 Å². The van der Waals surface area contributed by atoms with Gasteiger partial charge in [-0.05, 0) is 32.4 Å². The van der Waals surface area contributed by atoms with Gasteiger partial charge in [0.05, 0.1) is 12.2 Å². The number of nitrogens with one attached hydrogen (secondary N) is 2. The molecule has 0 aliphatic heterocycles. The van der Waals surface area contributed by atoms with Crippen molar-refractivity contribution < 1.29 is 4.79 Å². The SMILES string of the molecule is CCCc1cc(CN(C)Cc2nnc(C3CC(NC(C)=O)C3)n2C)[nH]n1. The highest BCUT2D eigenvalue weighted by atomic mass is 16.1. The Hall–Kier alpha value is -2.22. The van der Waals surface area contributed by atoms with Crippen molar-refractivity contribution in [3.8, 4) is 0 Å². The number of hydrogen-bond donors (Lipinski definition) is 2. The maximum absolute atomic E-state index is 11.1. The van der Waals surface area contributed by atoms with Crippen molar-refractivity contribution in [2.24, 2.45) is 7.05 Å². The average molecular weight is 359 g/mol. The van der Waals surface area contributed by atoms with E-state index in [9.17, 15) is 4.79 Å². The molecule has 0 bridgehead atoms. The van der Waals surface area contributed by atoms with Gasteiger partial charge in [0.2, 0.25) is 5.91 Å². The third-order valence-corrected chi connectivity index (χ3v) is 4.95.